The van der Waals surface area contributed by atoms with Crippen molar-refractivity contribution in [1.29, 1.82) is 0 Å². The Labute approximate surface area is 115 Å². The second kappa shape index (κ2) is 5.74. The molecule has 1 N–H and O–H groups in total. The van der Waals surface area contributed by atoms with Crippen molar-refractivity contribution < 1.29 is 8.42 Å². The Morgan fingerprint density at radius 3 is 2.63 bits per heavy atom. The first-order chi connectivity index (χ1) is 9.03. The molecule has 4 nitrogen and oxygen atoms in total. The third-order valence-corrected chi connectivity index (χ3v) is 4.81. The molecule has 0 spiro atoms. The van der Waals surface area contributed by atoms with Crippen molar-refractivity contribution in [2.24, 2.45) is 11.0 Å². The minimum absolute atomic E-state index is 0.258. The normalized spacial score (nSPS) is 21.8. The van der Waals surface area contributed by atoms with E-state index in [9.17, 15) is 8.42 Å². The third-order valence-electron chi connectivity index (χ3n) is 3.59. The van der Waals surface area contributed by atoms with Gasteiger partial charge in [-0.25, -0.2) is 4.83 Å². The smallest absolute Gasteiger partial charge is 0.200 e. The van der Waals surface area contributed by atoms with E-state index in [2.05, 4.69) is 16.9 Å². The molecule has 0 bridgehead atoms. The minimum Gasteiger partial charge on any atom is -0.200 e. The van der Waals surface area contributed by atoms with Gasteiger partial charge in [-0.2, -0.15) is 13.5 Å². The summed E-state index contributed by atoms with van der Waals surface area (Å²) in [6.07, 6.45) is 4.13. The number of sulfonamides is 1. The largest absolute Gasteiger partial charge is 0.276 e. The lowest BCUT2D eigenvalue weighted by molar-refractivity contribution is 0.583. The van der Waals surface area contributed by atoms with E-state index in [1.165, 1.54) is 0 Å². The number of benzene rings is 1. The van der Waals surface area contributed by atoms with Crippen LogP contribution in [-0.4, -0.2) is 14.1 Å². The van der Waals surface area contributed by atoms with Crippen LogP contribution in [0.25, 0.3) is 0 Å². The van der Waals surface area contributed by atoms with Crippen LogP contribution in [0.2, 0.25) is 0 Å². The Morgan fingerprint density at radius 2 is 2.00 bits per heavy atom. The SMILES string of the molecule is CC[C@@H]1CCC/C1=N/NS(=O)(=O)c1ccc(C)cc1. The van der Waals surface area contributed by atoms with Crippen LogP contribution >= 0.6 is 0 Å². The summed E-state index contributed by atoms with van der Waals surface area (Å²) in [6, 6.07) is 6.77. The third kappa shape index (κ3) is 3.35. The van der Waals surface area contributed by atoms with Gasteiger partial charge in [0.2, 0.25) is 0 Å². The highest BCUT2D eigenvalue weighted by molar-refractivity contribution is 7.89. The molecule has 0 saturated heterocycles. The molecule has 1 atom stereocenters. The molecule has 1 aromatic rings. The molecule has 0 radical (unpaired) electrons. The number of nitrogens with one attached hydrogen (secondary N) is 1. The molecule has 1 aromatic carbocycles. The number of rotatable bonds is 4. The molecule has 19 heavy (non-hydrogen) atoms. The lowest BCUT2D eigenvalue weighted by atomic mass is 10.0. The van der Waals surface area contributed by atoms with E-state index in [1.54, 1.807) is 24.3 Å². The van der Waals surface area contributed by atoms with Crippen LogP contribution in [0, 0.1) is 12.8 Å². The molecule has 0 unspecified atom stereocenters. The zero-order chi connectivity index (χ0) is 13.9. The molecule has 0 amide bonds. The Morgan fingerprint density at radius 1 is 1.32 bits per heavy atom. The quantitative estimate of drug-likeness (QED) is 0.862. The van der Waals surface area contributed by atoms with Gasteiger partial charge in [0.1, 0.15) is 0 Å². The zero-order valence-corrected chi connectivity index (χ0v) is 12.2. The van der Waals surface area contributed by atoms with Crippen molar-refractivity contribution in [2.45, 2.75) is 44.4 Å². The van der Waals surface area contributed by atoms with Gasteiger partial charge >= 0.3 is 0 Å². The zero-order valence-electron chi connectivity index (χ0n) is 11.4. The molecule has 5 heteroatoms. The highest BCUT2D eigenvalue weighted by Gasteiger charge is 2.22. The number of hydrazone groups is 1. The molecule has 1 aliphatic rings. The molecular weight excluding hydrogens is 260 g/mol. The predicted octanol–water partition coefficient (Wildman–Crippen LogP) is 2.84. The molecule has 0 aromatic heterocycles. The lowest BCUT2D eigenvalue weighted by Gasteiger charge is -2.09. The molecule has 0 aliphatic heterocycles. The first kappa shape index (κ1) is 14.1. The Hall–Kier alpha value is -1.36. The molecule has 1 fully saturated rings. The van der Waals surface area contributed by atoms with E-state index >= 15 is 0 Å². The van der Waals surface area contributed by atoms with Gasteiger partial charge in [0.05, 0.1) is 4.90 Å². The number of hydrogen-bond donors (Lipinski definition) is 1. The van der Waals surface area contributed by atoms with Crippen molar-refractivity contribution in [2.75, 3.05) is 0 Å². The van der Waals surface area contributed by atoms with E-state index in [4.69, 9.17) is 0 Å². The molecular formula is C14H20N2O2S. The Balaban J connectivity index is 2.14. The maximum absolute atomic E-state index is 12.1. The molecule has 2 rings (SSSR count). The number of hydrogen-bond acceptors (Lipinski definition) is 3. The minimum atomic E-state index is -3.53. The van der Waals surface area contributed by atoms with Crippen LogP contribution in [0.1, 0.15) is 38.2 Å². The average Bonchev–Trinajstić information content (AvgIpc) is 2.84. The van der Waals surface area contributed by atoms with Gasteiger partial charge in [-0.3, -0.25) is 0 Å². The van der Waals surface area contributed by atoms with Gasteiger partial charge in [-0.15, -0.1) is 0 Å². The van der Waals surface area contributed by atoms with Crippen molar-refractivity contribution in [3.05, 3.63) is 29.8 Å². The average molecular weight is 280 g/mol. The summed E-state index contributed by atoms with van der Waals surface area (Å²) in [5, 5.41) is 4.12. The van der Waals surface area contributed by atoms with E-state index in [0.29, 0.717) is 5.92 Å². The number of nitrogens with zero attached hydrogens (tertiary/aromatic N) is 1. The first-order valence-electron chi connectivity index (χ1n) is 6.68. The summed E-state index contributed by atoms with van der Waals surface area (Å²) in [7, 11) is -3.53. The molecule has 1 aliphatic carbocycles. The van der Waals surface area contributed by atoms with Crippen molar-refractivity contribution >= 4 is 15.7 Å². The summed E-state index contributed by atoms with van der Waals surface area (Å²) in [4.78, 5) is 2.62. The van der Waals surface area contributed by atoms with Crippen LogP contribution in [0.4, 0.5) is 0 Å². The Kier molecular flexibility index (Phi) is 4.24. The summed E-state index contributed by atoms with van der Waals surface area (Å²) >= 11 is 0. The highest BCUT2D eigenvalue weighted by atomic mass is 32.2. The van der Waals surface area contributed by atoms with Gasteiger partial charge in [0.25, 0.3) is 10.0 Å². The fraction of sp³-hybridized carbons (Fsp3) is 0.500. The summed E-state index contributed by atoms with van der Waals surface area (Å²) in [6.45, 7) is 4.04. The molecule has 104 valence electrons. The topological polar surface area (TPSA) is 58.5 Å². The fourth-order valence-corrected chi connectivity index (χ4v) is 3.21. The van der Waals surface area contributed by atoms with Crippen LogP contribution in [-0.2, 0) is 10.0 Å². The van der Waals surface area contributed by atoms with E-state index < -0.39 is 10.0 Å². The second-order valence-corrected chi connectivity index (χ2v) is 6.67. The van der Waals surface area contributed by atoms with Crippen LogP contribution in [0.15, 0.2) is 34.3 Å². The highest BCUT2D eigenvalue weighted by Crippen LogP contribution is 2.25. The summed E-state index contributed by atoms with van der Waals surface area (Å²) in [5.41, 5.74) is 2.02. The fourth-order valence-electron chi connectivity index (χ4n) is 2.38. The van der Waals surface area contributed by atoms with Gasteiger partial charge in [0, 0.05) is 5.71 Å². The van der Waals surface area contributed by atoms with E-state index in [1.807, 2.05) is 6.92 Å². The van der Waals surface area contributed by atoms with E-state index in [-0.39, 0.29) is 4.90 Å². The second-order valence-electron chi connectivity index (χ2n) is 5.01. The Bertz CT molecular complexity index is 562. The molecule has 0 heterocycles. The lowest BCUT2D eigenvalue weighted by Crippen LogP contribution is -2.21. The van der Waals surface area contributed by atoms with Crippen LogP contribution in [0.3, 0.4) is 0 Å². The van der Waals surface area contributed by atoms with Gasteiger partial charge in [-0.05, 0) is 50.7 Å². The predicted molar refractivity (Wildman–Crippen MR) is 76.6 cm³/mol. The van der Waals surface area contributed by atoms with Crippen LogP contribution < -0.4 is 4.83 Å². The monoisotopic (exact) mass is 280 g/mol. The summed E-state index contributed by atoms with van der Waals surface area (Å²) < 4.78 is 24.2. The first-order valence-corrected chi connectivity index (χ1v) is 8.16. The van der Waals surface area contributed by atoms with Crippen molar-refractivity contribution in [1.82, 2.24) is 4.83 Å². The van der Waals surface area contributed by atoms with Gasteiger partial charge in [0.15, 0.2) is 0 Å². The maximum atomic E-state index is 12.1. The summed E-state index contributed by atoms with van der Waals surface area (Å²) in [5.74, 6) is 0.431. The maximum Gasteiger partial charge on any atom is 0.276 e. The van der Waals surface area contributed by atoms with Crippen LogP contribution in [0.5, 0.6) is 0 Å². The van der Waals surface area contributed by atoms with Gasteiger partial charge in [-0.1, -0.05) is 24.6 Å². The van der Waals surface area contributed by atoms with Crippen molar-refractivity contribution in [3.8, 4) is 0 Å². The van der Waals surface area contributed by atoms with Crippen molar-refractivity contribution in [3.63, 3.8) is 0 Å². The standard InChI is InChI=1S/C14H20N2O2S/c1-3-12-5-4-6-14(12)15-16-19(17,18)13-9-7-11(2)8-10-13/h7-10,12,16H,3-6H2,1-2H3/b15-14-/t12-/m1/s1. The van der Waals surface area contributed by atoms with Gasteiger partial charge < -0.3 is 0 Å². The molecule has 1 saturated carbocycles. The van der Waals surface area contributed by atoms with E-state index in [0.717, 1.165) is 37.0 Å². The number of aryl methyl sites for hydroxylation is 1.